The molecule has 0 aliphatic carbocycles. The van der Waals surface area contributed by atoms with Gasteiger partial charge in [-0.1, -0.05) is 12.1 Å². The summed E-state index contributed by atoms with van der Waals surface area (Å²) < 4.78 is 18.8. The number of amides is 1. The lowest BCUT2D eigenvalue weighted by Crippen LogP contribution is -2.44. The summed E-state index contributed by atoms with van der Waals surface area (Å²) in [7, 11) is 1.77. The van der Waals surface area contributed by atoms with Gasteiger partial charge in [0, 0.05) is 39.2 Å². The Morgan fingerprint density at radius 1 is 1.31 bits per heavy atom. The molecule has 1 atom stereocenters. The van der Waals surface area contributed by atoms with Crippen molar-refractivity contribution >= 4 is 11.7 Å². The zero-order valence-electron chi connectivity index (χ0n) is 17.6. The molecule has 6 heteroatoms. The van der Waals surface area contributed by atoms with Gasteiger partial charge in [0.05, 0.1) is 0 Å². The van der Waals surface area contributed by atoms with E-state index in [9.17, 15) is 14.0 Å². The molecule has 158 valence electrons. The molecule has 0 radical (unpaired) electrons. The molecule has 0 N–H and O–H groups in total. The van der Waals surface area contributed by atoms with Gasteiger partial charge in [-0.15, -0.1) is 0 Å². The molecular weight excluding hydrogens is 371 g/mol. The number of carbonyl (C=O) groups excluding carboxylic acids is 2. The number of ketones is 1. The number of benzene rings is 1. The minimum atomic E-state index is -0.639. The van der Waals surface area contributed by atoms with Crippen LogP contribution in [0.3, 0.4) is 0 Å². The second-order valence-electron chi connectivity index (χ2n) is 8.88. The molecule has 2 aliphatic heterocycles. The maximum Gasteiger partial charge on any atom is 0.288 e. The topological polar surface area (TPSA) is 49.9 Å². The predicted octanol–water partition coefficient (Wildman–Crippen LogP) is 3.19. The van der Waals surface area contributed by atoms with E-state index in [1.165, 1.54) is 18.2 Å². The number of nitrogens with zero attached hydrogens (tertiary/aromatic N) is 2. The largest absolute Gasteiger partial charge is 0.481 e. The maximum absolute atomic E-state index is 13.0. The maximum atomic E-state index is 13.0. The van der Waals surface area contributed by atoms with Crippen LogP contribution in [-0.4, -0.2) is 60.3 Å². The van der Waals surface area contributed by atoms with Crippen molar-refractivity contribution in [1.29, 1.82) is 0 Å². The van der Waals surface area contributed by atoms with E-state index >= 15 is 0 Å². The molecule has 0 aromatic heterocycles. The third-order valence-corrected chi connectivity index (χ3v) is 5.60. The van der Waals surface area contributed by atoms with Gasteiger partial charge in [-0.05, 0) is 63.3 Å². The molecule has 1 fully saturated rings. The summed E-state index contributed by atoms with van der Waals surface area (Å²) >= 11 is 0. The minimum Gasteiger partial charge on any atom is -0.481 e. The van der Waals surface area contributed by atoms with Crippen LogP contribution in [0.4, 0.5) is 4.39 Å². The summed E-state index contributed by atoms with van der Waals surface area (Å²) in [6, 6.07) is 6.68. The fourth-order valence-corrected chi connectivity index (χ4v) is 4.19. The Balaban J connectivity index is 1.51. The second kappa shape index (κ2) is 9.08. The van der Waals surface area contributed by atoms with Gasteiger partial charge in [0.2, 0.25) is 0 Å². The number of hydrogen-bond donors (Lipinski definition) is 0. The smallest absolute Gasteiger partial charge is 0.288 e. The number of allylic oxidation sites excluding steroid dienone is 1. The van der Waals surface area contributed by atoms with Crippen LogP contribution >= 0.6 is 0 Å². The van der Waals surface area contributed by atoms with Gasteiger partial charge in [-0.3, -0.25) is 9.59 Å². The van der Waals surface area contributed by atoms with Crippen LogP contribution in [0.5, 0.6) is 0 Å². The lowest BCUT2D eigenvalue weighted by atomic mass is 9.96. The minimum absolute atomic E-state index is 0.0670. The summed E-state index contributed by atoms with van der Waals surface area (Å²) in [4.78, 5) is 28.8. The van der Waals surface area contributed by atoms with Crippen LogP contribution in [-0.2, 0) is 20.7 Å². The standard InChI is InChI=1S/C23H31FN2O3/c1-23(2)14-20(27)13-21(29-23)22(28)25(3)15-18-5-4-11-26(16-18)12-10-17-6-8-19(24)9-7-17/h6-9,13,18H,4-5,10-12,14-16H2,1-3H3/t18-/m1/s1. The zero-order valence-corrected chi connectivity index (χ0v) is 17.6. The summed E-state index contributed by atoms with van der Waals surface area (Å²) in [5.41, 5.74) is 0.495. The van der Waals surface area contributed by atoms with E-state index in [0.717, 1.165) is 44.5 Å². The SMILES string of the molecule is CN(C[C@H]1CCCN(CCc2ccc(F)cc2)C1)C(=O)C1=CC(=O)CC(C)(C)O1. The van der Waals surface area contributed by atoms with Crippen molar-refractivity contribution in [3.8, 4) is 0 Å². The van der Waals surface area contributed by atoms with Gasteiger partial charge in [-0.2, -0.15) is 0 Å². The third kappa shape index (κ3) is 6.13. The number of likely N-dealkylation sites (N-methyl/N-ethyl adjacent to an activating group) is 1. The van der Waals surface area contributed by atoms with E-state index in [4.69, 9.17) is 4.74 Å². The molecule has 1 aromatic carbocycles. The van der Waals surface area contributed by atoms with E-state index in [0.29, 0.717) is 18.9 Å². The molecule has 2 heterocycles. The van der Waals surface area contributed by atoms with Crippen molar-refractivity contribution in [2.45, 2.75) is 45.1 Å². The quantitative estimate of drug-likeness (QED) is 0.733. The highest BCUT2D eigenvalue weighted by Gasteiger charge is 2.33. The molecule has 0 bridgehead atoms. The summed E-state index contributed by atoms with van der Waals surface area (Å²) in [5, 5.41) is 0. The Morgan fingerprint density at radius 2 is 2.03 bits per heavy atom. The fourth-order valence-electron chi connectivity index (χ4n) is 4.19. The molecule has 0 spiro atoms. The van der Waals surface area contributed by atoms with E-state index in [1.54, 1.807) is 11.9 Å². The monoisotopic (exact) mass is 402 g/mol. The van der Waals surface area contributed by atoms with Crippen LogP contribution in [0.15, 0.2) is 36.1 Å². The first kappa shape index (κ1) is 21.5. The van der Waals surface area contributed by atoms with Crippen LogP contribution in [0, 0.1) is 11.7 Å². The first-order valence-electron chi connectivity index (χ1n) is 10.4. The van der Waals surface area contributed by atoms with Gasteiger partial charge in [-0.25, -0.2) is 4.39 Å². The van der Waals surface area contributed by atoms with Crippen LogP contribution in [0.2, 0.25) is 0 Å². The molecule has 2 aliphatic rings. The molecule has 0 unspecified atom stereocenters. The van der Waals surface area contributed by atoms with Gasteiger partial charge in [0.1, 0.15) is 11.4 Å². The van der Waals surface area contributed by atoms with Crippen molar-refractivity contribution < 1.29 is 18.7 Å². The van der Waals surface area contributed by atoms with Gasteiger partial charge < -0.3 is 14.5 Å². The Bertz CT molecular complexity index is 773. The van der Waals surface area contributed by atoms with Crippen molar-refractivity contribution in [2.75, 3.05) is 33.2 Å². The van der Waals surface area contributed by atoms with Crippen LogP contribution < -0.4 is 0 Å². The zero-order chi connectivity index (χ0) is 21.0. The summed E-state index contributed by atoms with van der Waals surface area (Å²) in [5.74, 6) is 0.0374. The first-order chi connectivity index (χ1) is 13.7. The van der Waals surface area contributed by atoms with Crippen LogP contribution in [0.25, 0.3) is 0 Å². The Hall–Kier alpha value is -2.21. The second-order valence-corrected chi connectivity index (χ2v) is 8.88. The first-order valence-corrected chi connectivity index (χ1v) is 10.4. The molecular formula is C23H31FN2O3. The number of halogens is 1. The predicted molar refractivity (Wildman–Crippen MR) is 110 cm³/mol. The van der Waals surface area contributed by atoms with Gasteiger partial charge in [0.15, 0.2) is 11.5 Å². The lowest BCUT2D eigenvalue weighted by Gasteiger charge is -2.36. The number of carbonyl (C=O) groups is 2. The van der Waals surface area contributed by atoms with Crippen molar-refractivity contribution in [3.05, 3.63) is 47.5 Å². The average molecular weight is 403 g/mol. The van der Waals surface area contributed by atoms with Crippen molar-refractivity contribution in [3.63, 3.8) is 0 Å². The number of likely N-dealkylation sites (tertiary alicyclic amines) is 1. The summed E-state index contributed by atoms with van der Waals surface area (Å²) in [6.07, 6.45) is 4.69. The Labute approximate surface area is 172 Å². The highest BCUT2D eigenvalue weighted by atomic mass is 19.1. The van der Waals surface area contributed by atoms with E-state index in [2.05, 4.69) is 4.90 Å². The lowest BCUT2D eigenvalue weighted by molar-refractivity contribution is -0.137. The molecule has 5 nitrogen and oxygen atoms in total. The van der Waals surface area contributed by atoms with Crippen molar-refractivity contribution in [1.82, 2.24) is 9.80 Å². The highest BCUT2D eigenvalue weighted by molar-refractivity contribution is 6.01. The third-order valence-electron chi connectivity index (χ3n) is 5.60. The van der Waals surface area contributed by atoms with Crippen molar-refractivity contribution in [2.24, 2.45) is 5.92 Å². The molecule has 1 saturated heterocycles. The number of ether oxygens (including phenoxy) is 1. The van der Waals surface area contributed by atoms with Crippen LogP contribution in [0.1, 0.15) is 38.7 Å². The normalized spacial score (nSPS) is 22.0. The van der Waals surface area contributed by atoms with Gasteiger partial charge >= 0.3 is 0 Å². The number of piperidine rings is 1. The van der Waals surface area contributed by atoms with E-state index in [-0.39, 0.29) is 23.3 Å². The fraction of sp³-hybridized carbons (Fsp3) is 0.565. The molecule has 1 aromatic rings. The summed E-state index contributed by atoms with van der Waals surface area (Å²) in [6.45, 7) is 7.20. The highest BCUT2D eigenvalue weighted by Crippen LogP contribution is 2.26. The molecule has 1 amide bonds. The number of hydrogen-bond acceptors (Lipinski definition) is 4. The molecule has 3 rings (SSSR count). The average Bonchev–Trinajstić information content (AvgIpc) is 2.65. The Morgan fingerprint density at radius 3 is 2.72 bits per heavy atom. The van der Waals surface area contributed by atoms with E-state index in [1.807, 2.05) is 26.0 Å². The Kier molecular flexibility index (Phi) is 6.73. The van der Waals surface area contributed by atoms with E-state index < -0.39 is 5.60 Å². The molecule has 29 heavy (non-hydrogen) atoms. The molecule has 0 saturated carbocycles. The van der Waals surface area contributed by atoms with Gasteiger partial charge in [0.25, 0.3) is 5.91 Å². The number of rotatable bonds is 6.